The third-order valence-corrected chi connectivity index (χ3v) is 7.86. The van der Waals surface area contributed by atoms with Gasteiger partial charge in [-0.3, -0.25) is 14.4 Å². The maximum atomic E-state index is 13.7. The average molecular weight is 499 g/mol. The molecular formula is C28H42N4O4. The van der Waals surface area contributed by atoms with E-state index in [1.165, 1.54) is 0 Å². The Kier molecular flexibility index (Phi) is 8.67. The zero-order valence-electron chi connectivity index (χ0n) is 22.2. The molecule has 3 aliphatic heterocycles. The summed E-state index contributed by atoms with van der Waals surface area (Å²) in [7, 11) is 0. The molecule has 3 heterocycles. The van der Waals surface area contributed by atoms with Crippen LogP contribution in [0, 0.1) is 11.8 Å². The van der Waals surface area contributed by atoms with Crippen LogP contribution in [-0.2, 0) is 14.3 Å². The lowest BCUT2D eigenvalue weighted by atomic mass is 9.97. The number of carbonyl (C=O) groups excluding carboxylic acids is 3. The normalized spacial score (nSPS) is 25.4. The molecule has 1 N–H and O–H groups in total. The summed E-state index contributed by atoms with van der Waals surface area (Å²) in [6, 6.07) is 6.47. The van der Waals surface area contributed by atoms with Crippen molar-refractivity contribution in [3.8, 4) is 0 Å². The van der Waals surface area contributed by atoms with Crippen LogP contribution in [0.25, 0.3) is 0 Å². The minimum Gasteiger partial charge on any atom is -0.369 e. The first-order valence-corrected chi connectivity index (χ1v) is 13.6. The van der Waals surface area contributed by atoms with Gasteiger partial charge in [0.25, 0.3) is 5.91 Å². The number of nitrogens with one attached hydrogen (secondary N) is 1. The molecule has 0 saturated carbocycles. The van der Waals surface area contributed by atoms with Gasteiger partial charge in [-0.1, -0.05) is 34.1 Å². The molecule has 36 heavy (non-hydrogen) atoms. The number of ketones is 1. The van der Waals surface area contributed by atoms with E-state index in [0.717, 1.165) is 51.3 Å². The van der Waals surface area contributed by atoms with Crippen molar-refractivity contribution in [2.45, 2.75) is 65.1 Å². The maximum absolute atomic E-state index is 13.7. The maximum Gasteiger partial charge on any atom is 0.251 e. The molecular weight excluding hydrogens is 456 g/mol. The molecule has 0 aromatic heterocycles. The summed E-state index contributed by atoms with van der Waals surface area (Å²) >= 11 is 0. The van der Waals surface area contributed by atoms with Crippen molar-refractivity contribution in [3.05, 3.63) is 29.8 Å². The monoisotopic (exact) mass is 498 g/mol. The van der Waals surface area contributed by atoms with Crippen molar-refractivity contribution < 1.29 is 19.1 Å². The smallest absolute Gasteiger partial charge is 0.251 e. The Morgan fingerprint density at radius 3 is 2.39 bits per heavy atom. The highest BCUT2D eigenvalue weighted by molar-refractivity contribution is 5.99. The fourth-order valence-corrected chi connectivity index (χ4v) is 5.89. The molecule has 0 spiro atoms. The zero-order valence-corrected chi connectivity index (χ0v) is 22.2. The number of benzene rings is 1. The van der Waals surface area contributed by atoms with Crippen molar-refractivity contribution in [1.82, 2.24) is 15.1 Å². The number of hydrogen-bond acceptors (Lipinski definition) is 6. The van der Waals surface area contributed by atoms with Crippen LogP contribution in [0.3, 0.4) is 0 Å². The first kappa shape index (κ1) is 26.6. The Labute approximate surface area is 215 Å². The van der Waals surface area contributed by atoms with E-state index in [4.69, 9.17) is 4.74 Å². The van der Waals surface area contributed by atoms with Gasteiger partial charge in [0.1, 0.15) is 18.7 Å². The van der Waals surface area contributed by atoms with Crippen LogP contribution >= 0.6 is 0 Å². The predicted molar refractivity (Wildman–Crippen MR) is 140 cm³/mol. The Bertz CT molecular complexity index is 926. The quantitative estimate of drug-likeness (QED) is 0.564. The Morgan fingerprint density at radius 1 is 1.08 bits per heavy atom. The predicted octanol–water partition coefficient (Wildman–Crippen LogP) is 2.57. The summed E-state index contributed by atoms with van der Waals surface area (Å²) < 4.78 is 5.78. The summed E-state index contributed by atoms with van der Waals surface area (Å²) in [5.74, 6) is -0.0839. The first-order valence-electron chi connectivity index (χ1n) is 13.6. The van der Waals surface area contributed by atoms with Gasteiger partial charge in [-0.15, -0.1) is 0 Å². The summed E-state index contributed by atoms with van der Waals surface area (Å²) in [6.45, 7) is 14.1. The molecule has 0 aliphatic carbocycles. The number of rotatable bonds is 9. The number of hydrogen-bond donors (Lipinski definition) is 1. The molecule has 8 heteroatoms. The molecule has 1 aromatic carbocycles. The largest absolute Gasteiger partial charge is 0.369 e. The number of fused-ring (bicyclic) bond motifs is 1. The lowest BCUT2D eigenvalue weighted by Gasteiger charge is -2.35. The van der Waals surface area contributed by atoms with Gasteiger partial charge in [-0.05, 0) is 49.6 Å². The van der Waals surface area contributed by atoms with E-state index in [2.05, 4.69) is 29.0 Å². The molecule has 8 nitrogen and oxygen atoms in total. The SMILES string of the molecule is CCC[C@@H]1CN(C(=O)C(CC(C)C)NC(=O)c2ccc(N3CCN(CC)CC3)cc2)[C@@H]2C(=O)CO[C@H]12. The Balaban J connectivity index is 1.43. The van der Waals surface area contributed by atoms with E-state index in [1.807, 2.05) is 38.1 Å². The van der Waals surface area contributed by atoms with Crippen molar-refractivity contribution in [2.24, 2.45) is 11.8 Å². The topological polar surface area (TPSA) is 82.2 Å². The molecule has 4 rings (SSSR count). The molecule has 0 radical (unpaired) electrons. The van der Waals surface area contributed by atoms with Crippen LogP contribution in [-0.4, -0.2) is 91.5 Å². The Morgan fingerprint density at radius 2 is 1.78 bits per heavy atom. The van der Waals surface area contributed by atoms with Gasteiger partial charge in [0, 0.05) is 49.9 Å². The molecule has 4 atom stereocenters. The van der Waals surface area contributed by atoms with Crippen molar-refractivity contribution in [3.63, 3.8) is 0 Å². The molecule has 1 unspecified atom stereocenters. The number of likely N-dealkylation sites (N-methyl/N-ethyl adjacent to an activating group) is 1. The van der Waals surface area contributed by atoms with Gasteiger partial charge in [-0.2, -0.15) is 0 Å². The fourth-order valence-electron chi connectivity index (χ4n) is 5.89. The van der Waals surface area contributed by atoms with Gasteiger partial charge in [0.2, 0.25) is 5.91 Å². The van der Waals surface area contributed by atoms with E-state index < -0.39 is 12.1 Å². The summed E-state index contributed by atoms with van der Waals surface area (Å²) in [5, 5.41) is 2.99. The average Bonchev–Trinajstić information content (AvgIpc) is 3.44. The highest BCUT2D eigenvalue weighted by Gasteiger charge is 2.52. The highest BCUT2D eigenvalue weighted by atomic mass is 16.5. The second-order valence-corrected chi connectivity index (χ2v) is 10.8. The Hall–Kier alpha value is -2.45. The van der Waals surface area contributed by atoms with Crippen LogP contribution in [0.1, 0.15) is 57.3 Å². The molecule has 0 bridgehead atoms. The molecule has 1 aromatic rings. The second kappa shape index (κ2) is 11.7. The number of carbonyl (C=O) groups is 3. The minimum absolute atomic E-state index is 0.0306. The summed E-state index contributed by atoms with van der Waals surface area (Å²) in [4.78, 5) is 45.9. The minimum atomic E-state index is -0.672. The third-order valence-electron chi connectivity index (χ3n) is 7.86. The molecule has 198 valence electrons. The van der Waals surface area contributed by atoms with E-state index in [9.17, 15) is 14.4 Å². The van der Waals surface area contributed by atoms with E-state index in [1.54, 1.807) is 4.90 Å². The number of Topliss-reactive ketones (excluding diaryl/α,β-unsaturated/α-hetero) is 1. The van der Waals surface area contributed by atoms with Gasteiger partial charge in [0.05, 0.1) is 6.10 Å². The third kappa shape index (κ3) is 5.75. The number of anilines is 1. The molecule has 3 saturated heterocycles. The number of likely N-dealkylation sites (tertiary alicyclic amines) is 1. The summed E-state index contributed by atoms with van der Waals surface area (Å²) in [5.41, 5.74) is 1.65. The standard InChI is InChI=1S/C28H42N4O4/c1-5-7-21-17-32(25-24(33)18-36-26(21)25)28(35)23(16-19(3)4)29-27(34)20-8-10-22(11-9-20)31-14-12-30(6-2)13-15-31/h8-11,19,21,23,25-26H,5-7,12-18H2,1-4H3,(H,29,34)/t21-,23?,25-,26-/m1/s1. The van der Waals surface area contributed by atoms with Gasteiger partial charge in [-0.25, -0.2) is 0 Å². The van der Waals surface area contributed by atoms with Crippen LogP contribution in [0.2, 0.25) is 0 Å². The molecule has 3 fully saturated rings. The molecule has 2 amide bonds. The molecule has 3 aliphatic rings. The number of ether oxygens (including phenoxy) is 1. The second-order valence-electron chi connectivity index (χ2n) is 10.8. The number of piperazine rings is 1. The summed E-state index contributed by atoms with van der Waals surface area (Å²) in [6.07, 6.45) is 2.19. The van der Waals surface area contributed by atoms with Crippen molar-refractivity contribution in [2.75, 3.05) is 50.8 Å². The van der Waals surface area contributed by atoms with Crippen LogP contribution in [0.5, 0.6) is 0 Å². The lowest BCUT2D eigenvalue weighted by Crippen LogP contribution is -2.52. The van der Waals surface area contributed by atoms with Gasteiger partial charge >= 0.3 is 0 Å². The van der Waals surface area contributed by atoms with Gasteiger partial charge in [0.15, 0.2) is 5.78 Å². The van der Waals surface area contributed by atoms with Crippen molar-refractivity contribution >= 4 is 23.3 Å². The highest BCUT2D eigenvalue weighted by Crippen LogP contribution is 2.35. The van der Waals surface area contributed by atoms with Crippen LogP contribution in [0.4, 0.5) is 5.69 Å². The van der Waals surface area contributed by atoms with Crippen LogP contribution in [0.15, 0.2) is 24.3 Å². The van der Waals surface area contributed by atoms with Crippen LogP contribution < -0.4 is 10.2 Å². The number of amides is 2. The first-order chi connectivity index (χ1) is 17.3. The van der Waals surface area contributed by atoms with E-state index in [-0.39, 0.29) is 42.1 Å². The number of nitrogens with zero attached hydrogens (tertiary/aromatic N) is 3. The van der Waals surface area contributed by atoms with E-state index in [0.29, 0.717) is 18.5 Å². The van der Waals surface area contributed by atoms with E-state index >= 15 is 0 Å². The fraction of sp³-hybridized carbons (Fsp3) is 0.679. The zero-order chi connectivity index (χ0) is 25.8. The van der Waals surface area contributed by atoms with Crippen molar-refractivity contribution in [1.29, 1.82) is 0 Å². The van der Waals surface area contributed by atoms with Gasteiger partial charge < -0.3 is 24.8 Å². The lowest BCUT2D eigenvalue weighted by molar-refractivity contribution is -0.138.